The van der Waals surface area contributed by atoms with E-state index in [1.165, 1.54) is 0 Å². The van der Waals surface area contributed by atoms with Gasteiger partial charge in [-0.05, 0) is 62.3 Å². The lowest BCUT2D eigenvalue weighted by molar-refractivity contribution is -0.576. The van der Waals surface area contributed by atoms with E-state index in [0.29, 0.717) is 29.5 Å². The summed E-state index contributed by atoms with van der Waals surface area (Å²) in [6, 6.07) is 7.31. The van der Waals surface area contributed by atoms with Gasteiger partial charge in [0.2, 0.25) is 12.1 Å². The Morgan fingerprint density at radius 2 is 1.93 bits per heavy atom. The van der Waals surface area contributed by atoms with Crippen LogP contribution in [0.2, 0.25) is 5.02 Å². The van der Waals surface area contributed by atoms with Crippen molar-refractivity contribution in [1.29, 1.82) is 0 Å². The number of rotatable bonds is 8. The highest BCUT2D eigenvalue weighted by Crippen LogP contribution is 2.60. The molecule has 1 saturated carbocycles. The minimum absolute atomic E-state index is 0.0385. The maximum Gasteiger partial charge on any atom is 0.308 e. The number of halogens is 1. The Morgan fingerprint density at radius 3 is 2.80 bits per heavy atom. The predicted molar refractivity (Wildman–Crippen MR) is 158 cm³/mol. The number of carbonyl (C=O) groups excluding carboxylic acids is 2. The van der Waals surface area contributed by atoms with Gasteiger partial charge in [0.05, 0.1) is 42.5 Å². The predicted octanol–water partition coefficient (Wildman–Crippen LogP) is 5.09. The van der Waals surface area contributed by atoms with Crippen molar-refractivity contribution >= 4 is 34.4 Å². The number of fused-ring (bicyclic) bond motifs is 3. The molecule has 8 atom stereocenters. The number of hydrogen-bond acceptors (Lipinski definition) is 11. The largest absolute Gasteiger partial charge is 0.465 e. The van der Waals surface area contributed by atoms with Gasteiger partial charge in [0.15, 0.2) is 11.9 Å². The highest BCUT2D eigenvalue weighted by Gasteiger charge is 2.69. The van der Waals surface area contributed by atoms with Crippen molar-refractivity contribution in [3.05, 3.63) is 47.4 Å². The first-order chi connectivity index (χ1) is 21.6. The van der Waals surface area contributed by atoms with Crippen molar-refractivity contribution in [2.24, 2.45) is 23.7 Å². The van der Waals surface area contributed by atoms with Crippen LogP contribution in [-0.4, -0.2) is 62.5 Å². The SMILES string of the molecule is C[C@H]1[C@H](OC(=O)CCC(=O)OCCc2cn(-c3ccnc4cc(Cl)ccc34)nn2)O[C@@H]2O[C@]3(C)CC[C@H]4[C@H](C)CC[C@@H]1[C@@]24OO3. The molecule has 4 aliphatic heterocycles. The van der Waals surface area contributed by atoms with Crippen LogP contribution in [0.3, 0.4) is 0 Å². The third kappa shape index (κ3) is 5.61. The van der Waals surface area contributed by atoms with Gasteiger partial charge in [-0.2, -0.15) is 0 Å². The van der Waals surface area contributed by atoms with Crippen molar-refractivity contribution < 1.29 is 38.3 Å². The summed E-state index contributed by atoms with van der Waals surface area (Å²) in [4.78, 5) is 41.6. The summed E-state index contributed by atoms with van der Waals surface area (Å²) in [6.45, 7) is 6.22. The normalized spacial score (nSPS) is 33.8. The van der Waals surface area contributed by atoms with E-state index in [0.717, 1.165) is 35.9 Å². The fourth-order valence-corrected chi connectivity index (χ4v) is 7.74. The number of esters is 2. The van der Waals surface area contributed by atoms with Crippen LogP contribution < -0.4 is 0 Å². The second-order valence-electron chi connectivity index (χ2n) is 12.9. The Balaban J connectivity index is 0.903. The molecule has 2 bridgehead atoms. The van der Waals surface area contributed by atoms with Crippen LogP contribution in [0.5, 0.6) is 0 Å². The molecule has 5 aliphatic rings. The molecular formula is C32H37ClN4O8. The first-order valence-corrected chi connectivity index (χ1v) is 16.0. The molecule has 0 unspecified atom stereocenters. The lowest BCUT2D eigenvalue weighted by Gasteiger charge is -2.59. The average molecular weight is 641 g/mol. The van der Waals surface area contributed by atoms with Gasteiger partial charge in [-0.3, -0.25) is 14.6 Å². The van der Waals surface area contributed by atoms with Gasteiger partial charge in [0.25, 0.3) is 0 Å². The maximum absolute atomic E-state index is 12.8. The van der Waals surface area contributed by atoms with Crippen molar-refractivity contribution in [2.45, 2.75) is 89.7 Å². The summed E-state index contributed by atoms with van der Waals surface area (Å²) >= 11 is 6.10. The molecule has 0 amide bonds. The molecule has 8 rings (SSSR count). The third-order valence-electron chi connectivity index (χ3n) is 9.97. The highest BCUT2D eigenvalue weighted by atomic mass is 35.5. The molecule has 5 fully saturated rings. The van der Waals surface area contributed by atoms with Gasteiger partial charge >= 0.3 is 11.9 Å². The molecular weight excluding hydrogens is 604 g/mol. The lowest BCUT2D eigenvalue weighted by Crippen LogP contribution is -2.70. The van der Waals surface area contributed by atoms with Crippen LogP contribution in [-0.2, 0) is 44.7 Å². The fraction of sp³-hybridized carbons (Fsp3) is 0.594. The Kier molecular flexibility index (Phi) is 8.06. The van der Waals surface area contributed by atoms with Crippen LogP contribution in [0.4, 0.5) is 0 Å². The van der Waals surface area contributed by atoms with Gasteiger partial charge in [0, 0.05) is 41.3 Å². The van der Waals surface area contributed by atoms with E-state index in [9.17, 15) is 9.59 Å². The van der Waals surface area contributed by atoms with Crippen molar-refractivity contribution in [1.82, 2.24) is 20.0 Å². The zero-order valence-electron chi connectivity index (χ0n) is 25.5. The van der Waals surface area contributed by atoms with Gasteiger partial charge in [-0.25, -0.2) is 14.5 Å². The third-order valence-corrected chi connectivity index (χ3v) is 10.2. The molecule has 0 N–H and O–H groups in total. The van der Waals surface area contributed by atoms with E-state index in [1.54, 1.807) is 29.2 Å². The molecule has 12 nitrogen and oxygen atoms in total. The Hall–Kier alpha value is -3.16. The molecule has 3 aromatic rings. The fourth-order valence-electron chi connectivity index (χ4n) is 7.58. The molecule has 2 aromatic heterocycles. The Bertz CT molecular complexity index is 1600. The van der Waals surface area contributed by atoms with E-state index in [1.807, 2.05) is 26.0 Å². The number of aromatic nitrogens is 4. The van der Waals surface area contributed by atoms with Gasteiger partial charge in [-0.1, -0.05) is 30.7 Å². The van der Waals surface area contributed by atoms with Crippen molar-refractivity contribution in [2.75, 3.05) is 6.61 Å². The monoisotopic (exact) mass is 640 g/mol. The van der Waals surface area contributed by atoms with Crippen LogP contribution in [0, 0.1) is 23.7 Å². The average Bonchev–Trinajstić information content (AvgIpc) is 3.37. The van der Waals surface area contributed by atoms with E-state index in [4.69, 9.17) is 40.3 Å². The summed E-state index contributed by atoms with van der Waals surface area (Å²) in [5.74, 6) is -1.39. The lowest BCUT2D eigenvalue weighted by atomic mass is 9.58. The zero-order valence-corrected chi connectivity index (χ0v) is 26.3. The maximum atomic E-state index is 12.8. The summed E-state index contributed by atoms with van der Waals surface area (Å²) in [5, 5.41) is 9.90. The van der Waals surface area contributed by atoms with E-state index in [2.05, 4.69) is 22.2 Å². The van der Waals surface area contributed by atoms with E-state index >= 15 is 0 Å². The molecule has 0 radical (unpaired) electrons. The van der Waals surface area contributed by atoms with E-state index in [-0.39, 0.29) is 37.2 Å². The highest BCUT2D eigenvalue weighted by molar-refractivity contribution is 6.31. The van der Waals surface area contributed by atoms with Crippen LogP contribution in [0.15, 0.2) is 36.7 Å². The second kappa shape index (κ2) is 11.9. The number of carbonyl (C=O) groups is 2. The van der Waals surface area contributed by atoms with Crippen LogP contribution in [0.25, 0.3) is 16.6 Å². The summed E-state index contributed by atoms with van der Waals surface area (Å²) in [6.07, 6.45) is 5.64. The second-order valence-corrected chi connectivity index (χ2v) is 13.3. The topological polar surface area (TPSA) is 133 Å². The number of nitrogens with zero attached hydrogens (tertiary/aromatic N) is 4. The molecule has 1 aliphatic carbocycles. The number of benzene rings is 1. The Morgan fingerprint density at radius 1 is 1.09 bits per heavy atom. The van der Waals surface area contributed by atoms with Gasteiger partial charge in [-0.15, -0.1) is 5.10 Å². The molecule has 1 aromatic carbocycles. The van der Waals surface area contributed by atoms with Crippen LogP contribution >= 0.6 is 11.6 Å². The molecule has 4 saturated heterocycles. The first kappa shape index (κ1) is 30.5. The molecule has 13 heteroatoms. The molecule has 240 valence electrons. The summed E-state index contributed by atoms with van der Waals surface area (Å²) in [5.41, 5.74) is 1.48. The van der Waals surface area contributed by atoms with Gasteiger partial charge < -0.3 is 18.9 Å². The quantitative estimate of drug-likeness (QED) is 0.241. The zero-order chi connectivity index (χ0) is 31.3. The number of hydrogen-bond donors (Lipinski definition) is 0. The van der Waals surface area contributed by atoms with Crippen molar-refractivity contribution in [3.63, 3.8) is 0 Å². The molecule has 6 heterocycles. The Labute approximate surface area is 265 Å². The van der Waals surface area contributed by atoms with Crippen molar-refractivity contribution in [3.8, 4) is 5.69 Å². The first-order valence-electron chi connectivity index (χ1n) is 15.7. The minimum atomic E-state index is -0.910. The molecule has 45 heavy (non-hydrogen) atoms. The molecule has 1 spiro atoms. The van der Waals surface area contributed by atoms with E-state index < -0.39 is 35.9 Å². The number of ether oxygens (including phenoxy) is 4. The van der Waals surface area contributed by atoms with Gasteiger partial charge in [0.1, 0.15) is 0 Å². The van der Waals surface area contributed by atoms with Crippen LogP contribution in [0.1, 0.15) is 65.0 Å². The minimum Gasteiger partial charge on any atom is -0.465 e. The number of pyridine rings is 1. The standard InChI is InChI=1S/C32H37ClN4O8/c1-18-4-7-24-19(2)29(42-30-32(24)23(18)10-13-31(3,43-30)44-45-32)41-28(39)9-8-27(38)40-15-12-21-17-37(36-35-21)26-11-14-34-25-16-20(33)5-6-22(25)26/h5-6,11,14,16-19,23-24,29-30H,4,7-10,12-13,15H2,1-3H3/t18-,19-,23+,24+,29-,30-,31+,32-/m1/s1. The smallest absolute Gasteiger partial charge is 0.308 e. The summed E-state index contributed by atoms with van der Waals surface area (Å²) < 4.78 is 25.4. The summed E-state index contributed by atoms with van der Waals surface area (Å²) in [7, 11) is 0.